The summed E-state index contributed by atoms with van der Waals surface area (Å²) in [5.41, 5.74) is 0.344. The molecule has 1 aromatic rings. The van der Waals surface area contributed by atoms with Crippen molar-refractivity contribution in [1.82, 2.24) is 10.2 Å². The van der Waals surface area contributed by atoms with Crippen LogP contribution in [0.5, 0.6) is 17.2 Å². The molecule has 0 aliphatic carbocycles. The van der Waals surface area contributed by atoms with Crippen LogP contribution in [-0.2, 0) is 9.53 Å². The number of carbonyl (C=O) groups is 2. The Kier molecular flexibility index (Phi) is 9.84. The van der Waals surface area contributed by atoms with Crippen molar-refractivity contribution >= 4 is 29.2 Å². The molecule has 31 heavy (non-hydrogen) atoms. The second-order valence-corrected chi connectivity index (χ2v) is 7.28. The highest BCUT2D eigenvalue weighted by atomic mass is 32.1. The van der Waals surface area contributed by atoms with E-state index in [1.165, 1.54) is 0 Å². The topological polar surface area (TPSA) is 86.3 Å². The van der Waals surface area contributed by atoms with Crippen LogP contribution in [0.3, 0.4) is 0 Å². The number of rotatable bonds is 9. The molecule has 0 aromatic heterocycles. The predicted octanol–water partition coefficient (Wildman–Crippen LogP) is 3.17. The molecule has 0 spiro atoms. The lowest BCUT2D eigenvalue weighted by Crippen LogP contribution is -2.48. The van der Waals surface area contributed by atoms with Crippen LogP contribution in [0.1, 0.15) is 50.9 Å². The van der Waals surface area contributed by atoms with Gasteiger partial charge in [-0.05, 0) is 64.9 Å². The van der Waals surface area contributed by atoms with Crippen molar-refractivity contribution in [3.05, 3.63) is 17.7 Å². The Bertz CT molecular complexity index is 758. The summed E-state index contributed by atoms with van der Waals surface area (Å²) in [4.78, 5) is 26.8. The van der Waals surface area contributed by atoms with Crippen molar-refractivity contribution in [2.75, 3.05) is 39.5 Å². The lowest BCUT2D eigenvalue weighted by Gasteiger charge is -2.33. The third kappa shape index (κ3) is 6.72. The van der Waals surface area contributed by atoms with Gasteiger partial charge in [0.1, 0.15) is 0 Å². The molecule has 8 nitrogen and oxygen atoms in total. The number of hydrogen-bond acceptors (Lipinski definition) is 7. The first-order chi connectivity index (χ1) is 14.9. The number of nitrogens with zero attached hydrogens (tertiary/aromatic N) is 1. The summed E-state index contributed by atoms with van der Waals surface area (Å²) in [6.07, 6.45) is 1.55. The number of ether oxygens (including phenoxy) is 4. The zero-order valence-electron chi connectivity index (χ0n) is 18.7. The van der Waals surface area contributed by atoms with E-state index in [9.17, 15) is 9.59 Å². The van der Waals surface area contributed by atoms with Crippen LogP contribution >= 0.6 is 12.2 Å². The van der Waals surface area contributed by atoms with Crippen molar-refractivity contribution in [1.29, 1.82) is 0 Å². The van der Waals surface area contributed by atoms with E-state index in [2.05, 4.69) is 5.32 Å². The number of esters is 1. The number of nitrogens with one attached hydrogen (secondary N) is 1. The van der Waals surface area contributed by atoms with Crippen LogP contribution < -0.4 is 19.5 Å². The predicted molar refractivity (Wildman–Crippen MR) is 121 cm³/mol. The highest BCUT2D eigenvalue weighted by Gasteiger charge is 2.29. The van der Waals surface area contributed by atoms with Gasteiger partial charge in [-0.15, -0.1) is 0 Å². The minimum Gasteiger partial charge on any atom is -0.490 e. The molecule has 1 unspecified atom stereocenters. The summed E-state index contributed by atoms with van der Waals surface area (Å²) in [6, 6.07) is 3.24. The molecule has 2 rings (SSSR count). The molecule has 0 radical (unpaired) electrons. The number of hydrogen-bond donors (Lipinski definition) is 1. The quantitative estimate of drug-likeness (QED) is 0.452. The Morgan fingerprint density at radius 2 is 1.65 bits per heavy atom. The van der Waals surface area contributed by atoms with Gasteiger partial charge in [0, 0.05) is 18.7 Å². The minimum atomic E-state index is -0.381. The Morgan fingerprint density at radius 1 is 1.03 bits per heavy atom. The first kappa shape index (κ1) is 24.7. The maximum atomic E-state index is 12.9. The average molecular weight is 453 g/mol. The molecule has 1 aliphatic rings. The standard InChI is InChI=1S/C22H32N2O6S/c1-5-27-17-12-16(13-18(28-6-2)19(17)29-7-3)20(25)23-22(31)24-11-9-10-15(14-24)21(26)30-8-4/h12-13,15H,5-11,14H2,1-4H3,(H,23,25,31). The van der Waals surface area contributed by atoms with Crippen LogP contribution in [-0.4, -0.2) is 61.4 Å². The fraction of sp³-hybridized carbons (Fsp3) is 0.591. The maximum absolute atomic E-state index is 12.9. The molecule has 1 fully saturated rings. The summed E-state index contributed by atoms with van der Waals surface area (Å²) in [5.74, 6) is 0.490. The SMILES string of the molecule is CCOC(=O)C1CCCN(C(=S)NC(=O)c2cc(OCC)c(OCC)c(OCC)c2)C1. The van der Waals surface area contributed by atoms with E-state index >= 15 is 0 Å². The third-order valence-corrected chi connectivity index (χ3v) is 5.08. The third-order valence-electron chi connectivity index (χ3n) is 4.72. The fourth-order valence-electron chi connectivity index (χ4n) is 3.38. The fourth-order valence-corrected chi connectivity index (χ4v) is 3.64. The highest BCUT2D eigenvalue weighted by molar-refractivity contribution is 7.80. The van der Waals surface area contributed by atoms with Crippen LogP contribution in [0.25, 0.3) is 0 Å². The van der Waals surface area contributed by atoms with Crippen LogP contribution in [0.4, 0.5) is 0 Å². The monoisotopic (exact) mass is 452 g/mol. The first-order valence-corrected chi connectivity index (χ1v) is 11.2. The summed E-state index contributed by atoms with van der Waals surface area (Å²) in [7, 11) is 0. The smallest absolute Gasteiger partial charge is 0.310 e. The summed E-state index contributed by atoms with van der Waals surface area (Å²) in [6.45, 7) is 10.1. The van der Waals surface area contributed by atoms with Gasteiger partial charge in [0.25, 0.3) is 5.91 Å². The minimum absolute atomic E-state index is 0.226. The van der Waals surface area contributed by atoms with E-state index in [0.29, 0.717) is 62.3 Å². The second-order valence-electron chi connectivity index (χ2n) is 6.90. The summed E-state index contributed by atoms with van der Waals surface area (Å²) in [5, 5.41) is 3.04. The van der Waals surface area contributed by atoms with Crippen LogP contribution in [0.15, 0.2) is 12.1 Å². The highest BCUT2D eigenvalue weighted by Crippen LogP contribution is 2.39. The zero-order chi connectivity index (χ0) is 22.8. The van der Waals surface area contributed by atoms with Crippen molar-refractivity contribution < 1.29 is 28.5 Å². The summed E-state index contributed by atoms with van der Waals surface area (Å²) < 4.78 is 22.2. The molecule has 1 atom stereocenters. The Labute approximate surface area is 189 Å². The van der Waals surface area contributed by atoms with E-state index in [0.717, 1.165) is 12.8 Å². The zero-order valence-corrected chi connectivity index (χ0v) is 19.5. The largest absolute Gasteiger partial charge is 0.490 e. The Hall–Kier alpha value is -2.55. The number of carbonyl (C=O) groups excluding carboxylic acids is 2. The lowest BCUT2D eigenvalue weighted by molar-refractivity contribution is -0.149. The van der Waals surface area contributed by atoms with Crippen molar-refractivity contribution in [3.8, 4) is 17.2 Å². The van der Waals surface area contributed by atoms with E-state index in [1.807, 2.05) is 25.7 Å². The molecule has 1 N–H and O–H groups in total. The van der Waals surface area contributed by atoms with Crippen molar-refractivity contribution in [2.24, 2.45) is 5.92 Å². The number of likely N-dealkylation sites (tertiary alicyclic amines) is 1. The molecular formula is C22H32N2O6S. The molecule has 0 bridgehead atoms. The lowest BCUT2D eigenvalue weighted by atomic mass is 9.98. The average Bonchev–Trinajstić information content (AvgIpc) is 2.76. The van der Waals surface area contributed by atoms with Gasteiger partial charge in [-0.2, -0.15) is 0 Å². The van der Waals surface area contributed by atoms with Gasteiger partial charge in [0.05, 0.1) is 32.3 Å². The Morgan fingerprint density at radius 3 is 2.19 bits per heavy atom. The number of amides is 1. The Balaban J connectivity index is 2.16. The number of thiocarbonyl (C=S) groups is 1. The molecule has 172 valence electrons. The molecule has 9 heteroatoms. The van der Waals surface area contributed by atoms with Crippen molar-refractivity contribution in [2.45, 2.75) is 40.5 Å². The van der Waals surface area contributed by atoms with Gasteiger partial charge in [-0.1, -0.05) is 0 Å². The van der Waals surface area contributed by atoms with E-state index in [-0.39, 0.29) is 22.9 Å². The molecular weight excluding hydrogens is 420 g/mol. The van der Waals surface area contributed by atoms with Crippen LogP contribution in [0.2, 0.25) is 0 Å². The van der Waals surface area contributed by atoms with Crippen molar-refractivity contribution in [3.63, 3.8) is 0 Å². The second kappa shape index (κ2) is 12.3. The van der Waals surface area contributed by atoms with Gasteiger partial charge < -0.3 is 23.8 Å². The number of benzene rings is 1. The van der Waals surface area contributed by atoms with Crippen LogP contribution in [0, 0.1) is 5.92 Å². The molecule has 1 amide bonds. The molecule has 0 saturated carbocycles. The van der Waals surface area contributed by atoms with Gasteiger partial charge >= 0.3 is 5.97 Å². The van der Waals surface area contributed by atoms with E-state index < -0.39 is 0 Å². The first-order valence-electron chi connectivity index (χ1n) is 10.8. The molecule has 1 heterocycles. The van der Waals surface area contributed by atoms with Gasteiger partial charge in [0.2, 0.25) is 5.75 Å². The molecule has 1 aromatic carbocycles. The van der Waals surface area contributed by atoms with E-state index in [4.69, 9.17) is 31.2 Å². The normalized spacial score (nSPS) is 15.7. The van der Waals surface area contributed by atoms with E-state index in [1.54, 1.807) is 19.1 Å². The van der Waals surface area contributed by atoms with Gasteiger partial charge in [-0.25, -0.2) is 0 Å². The molecule has 1 saturated heterocycles. The maximum Gasteiger partial charge on any atom is 0.310 e. The van der Waals surface area contributed by atoms with Gasteiger partial charge in [0.15, 0.2) is 16.6 Å². The summed E-state index contributed by atoms with van der Waals surface area (Å²) >= 11 is 5.44. The van der Waals surface area contributed by atoms with Gasteiger partial charge in [-0.3, -0.25) is 14.9 Å². The molecule has 1 aliphatic heterocycles. The number of piperidine rings is 1.